The Kier molecular flexibility index (Phi) is 6.14. The third kappa shape index (κ3) is 5.02. The zero-order valence-electron chi connectivity index (χ0n) is 18.2. The summed E-state index contributed by atoms with van der Waals surface area (Å²) in [7, 11) is 0. The third-order valence-electron chi connectivity index (χ3n) is 5.92. The largest absolute Gasteiger partial charge is 0.444 e. The van der Waals surface area contributed by atoms with E-state index in [4.69, 9.17) is 16.3 Å². The van der Waals surface area contributed by atoms with E-state index in [9.17, 15) is 9.59 Å². The van der Waals surface area contributed by atoms with Gasteiger partial charge in [0.15, 0.2) is 0 Å². The van der Waals surface area contributed by atoms with Gasteiger partial charge in [0, 0.05) is 29.4 Å². The molecule has 7 heteroatoms. The lowest BCUT2D eigenvalue weighted by Crippen LogP contribution is -2.14. The van der Waals surface area contributed by atoms with E-state index in [0.29, 0.717) is 10.7 Å². The van der Waals surface area contributed by atoms with E-state index >= 15 is 0 Å². The number of halogens is 1. The zero-order chi connectivity index (χ0) is 23.5. The monoisotopic (exact) mass is 471 g/mol. The number of carbonyl (C=O) groups is 2. The molecular weight excluding hydrogens is 450 g/mol. The molecule has 2 amide bonds. The highest BCUT2D eigenvalue weighted by Gasteiger charge is 2.43. The zero-order valence-corrected chi connectivity index (χ0v) is 19.0. The maximum atomic E-state index is 12.7. The highest BCUT2D eigenvalue weighted by atomic mass is 35.5. The number of benzene rings is 3. The lowest BCUT2D eigenvalue weighted by Gasteiger charge is -2.09. The first-order valence-electron chi connectivity index (χ1n) is 11.0. The molecule has 6 nitrogen and oxygen atoms in total. The summed E-state index contributed by atoms with van der Waals surface area (Å²) in [5.41, 5.74) is 3.26. The Labute approximate surface area is 201 Å². The van der Waals surface area contributed by atoms with E-state index in [0.717, 1.165) is 34.0 Å². The Morgan fingerprint density at radius 1 is 0.971 bits per heavy atom. The molecule has 4 aromatic rings. The van der Waals surface area contributed by atoms with Crippen LogP contribution in [0.5, 0.6) is 0 Å². The molecule has 1 aliphatic carbocycles. The summed E-state index contributed by atoms with van der Waals surface area (Å²) >= 11 is 6.04. The van der Waals surface area contributed by atoms with Crippen molar-refractivity contribution < 1.29 is 14.3 Å². The van der Waals surface area contributed by atoms with Crippen LogP contribution in [0.2, 0.25) is 5.02 Å². The van der Waals surface area contributed by atoms with Crippen molar-refractivity contribution in [3.63, 3.8) is 0 Å². The van der Waals surface area contributed by atoms with Crippen LogP contribution >= 0.6 is 11.6 Å². The first-order valence-corrected chi connectivity index (χ1v) is 11.4. The van der Waals surface area contributed by atoms with Crippen LogP contribution in [0, 0.1) is 5.92 Å². The minimum absolute atomic E-state index is 0.0297. The Morgan fingerprint density at radius 3 is 2.62 bits per heavy atom. The number of pyridine rings is 1. The maximum Gasteiger partial charge on any atom is 0.412 e. The second kappa shape index (κ2) is 9.53. The highest BCUT2D eigenvalue weighted by molar-refractivity contribution is 6.33. The molecule has 0 bridgehead atoms. The lowest BCUT2D eigenvalue weighted by atomic mass is 10.1. The number of para-hydroxylation sites is 1. The third-order valence-corrected chi connectivity index (χ3v) is 6.25. The van der Waals surface area contributed by atoms with E-state index < -0.39 is 6.09 Å². The quantitative estimate of drug-likeness (QED) is 0.342. The summed E-state index contributed by atoms with van der Waals surface area (Å²) in [6, 6.07) is 22.5. The molecule has 0 aliphatic heterocycles. The van der Waals surface area contributed by atoms with Gasteiger partial charge in [-0.1, -0.05) is 54.1 Å². The number of rotatable bonds is 6. The van der Waals surface area contributed by atoms with Crippen LogP contribution in [0.4, 0.5) is 16.2 Å². The Morgan fingerprint density at radius 2 is 1.79 bits per heavy atom. The van der Waals surface area contributed by atoms with Gasteiger partial charge in [0.2, 0.25) is 5.91 Å². The van der Waals surface area contributed by atoms with Gasteiger partial charge < -0.3 is 10.1 Å². The molecule has 0 spiro atoms. The van der Waals surface area contributed by atoms with Crippen molar-refractivity contribution in [2.24, 2.45) is 5.92 Å². The molecule has 3 aromatic carbocycles. The normalized spacial score (nSPS) is 16.6. The van der Waals surface area contributed by atoms with Crippen molar-refractivity contribution >= 4 is 45.7 Å². The van der Waals surface area contributed by atoms with Gasteiger partial charge in [0.1, 0.15) is 6.61 Å². The van der Waals surface area contributed by atoms with E-state index in [1.165, 1.54) is 0 Å². The Bertz CT molecular complexity index is 1360. The minimum atomic E-state index is -0.568. The molecule has 0 saturated heterocycles. The number of hydrogen-bond acceptors (Lipinski definition) is 4. The van der Waals surface area contributed by atoms with Crippen LogP contribution in [-0.4, -0.2) is 17.0 Å². The number of carbonyl (C=O) groups excluding carboxylic acids is 2. The fourth-order valence-corrected chi connectivity index (χ4v) is 4.15. The molecule has 1 aliphatic rings. The van der Waals surface area contributed by atoms with Crippen molar-refractivity contribution in [1.29, 1.82) is 0 Å². The first-order chi connectivity index (χ1) is 16.6. The van der Waals surface area contributed by atoms with Crippen LogP contribution in [0.3, 0.4) is 0 Å². The van der Waals surface area contributed by atoms with Gasteiger partial charge in [0.25, 0.3) is 0 Å². The van der Waals surface area contributed by atoms with Crippen LogP contribution in [0.25, 0.3) is 10.8 Å². The average molecular weight is 472 g/mol. The molecule has 2 N–H and O–H groups in total. The molecule has 1 fully saturated rings. The molecular formula is C27H22ClN3O3. The highest BCUT2D eigenvalue weighted by Crippen LogP contribution is 2.48. The second-order valence-electron chi connectivity index (χ2n) is 8.30. The van der Waals surface area contributed by atoms with Crippen molar-refractivity contribution in [2.75, 3.05) is 10.6 Å². The molecule has 0 radical (unpaired) electrons. The van der Waals surface area contributed by atoms with Crippen molar-refractivity contribution in [1.82, 2.24) is 4.98 Å². The predicted molar refractivity (Wildman–Crippen MR) is 133 cm³/mol. The molecule has 0 unspecified atom stereocenters. The van der Waals surface area contributed by atoms with E-state index in [-0.39, 0.29) is 24.3 Å². The molecule has 1 saturated carbocycles. The van der Waals surface area contributed by atoms with Crippen molar-refractivity contribution in [3.05, 3.63) is 101 Å². The molecule has 1 heterocycles. The topological polar surface area (TPSA) is 80.3 Å². The van der Waals surface area contributed by atoms with Gasteiger partial charge in [-0.15, -0.1) is 0 Å². The number of nitrogens with zero attached hydrogens (tertiary/aromatic N) is 1. The number of amides is 2. The van der Waals surface area contributed by atoms with Crippen molar-refractivity contribution in [2.45, 2.75) is 18.9 Å². The van der Waals surface area contributed by atoms with Crippen molar-refractivity contribution in [3.8, 4) is 0 Å². The van der Waals surface area contributed by atoms with Crippen LogP contribution < -0.4 is 10.6 Å². The molecule has 5 rings (SSSR count). The molecule has 2 atom stereocenters. The van der Waals surface area contributed by atoms with Crippen LogP contribution in [0.15, 0.2) is 85.2 Å². The van der Waals surface area contributed by atoms with E-state index in [1.54, 1.807) is 36.7 Å². The lowest BCUT2D eigenvalue weighted by molar-refractivity contribution is -0.117. The second-order valence-corrected chi connectivity index (χ2v) is 8.71. The summed E-state index contributed by atoms with van der Waals surface area (Å²) in [4.78, 5) is 28.9. The fraction of sp³-hybridized carbons (Fsp3) is 0.148. The van der Waals surface area contributed by atoms with Gasteiger partial charge >= 0.3 is 6.09 Å². The number of aromatic nitrogens is 1. The number of anilines is 2. The van der Waals surface area contributed by atoms with E-state index in [1.807, 2.05) is 48.5 Å². The summed E-state index contributed by atoms with van der Waals surface area (Å²) in [5.74, 6) is 0.182. The number of ether oxygens (including phenoxy) is 1. The fourth-order valence-electron chi connectivity index (χ4n) is 3.97. The van der Waals surface area contributed by atoms with Gasteiger partial charge in [-0.2, -0.15) is 0 Å². The van der Waals surface area contributed by atoms with Gasteiger partial charge in [-0.3, -0.25) is 15.1 Å². The van der Waals surface area contributed by atoms with Crippen LogP contribution in [0.1, 0.15) is 23.5 Å². The number of hydrogen-bond donors (Lipinski definition) is 2. The standard InChI is InChI=1S/C27H22ClN3O3/c28-24-3-1-2-4-25(24)31-27(33)34-16-17-5-7-18(8-6-17)22-14-23(22)26(32)30-21-10-9-20-15-29-12-11-19(20)13-21/h1-13,15,22-23H,14,16H2,(H,30,32)(H,31,33)/t22-,23+/m0/s1. The predicted octanol–water partition coefficient (Wildman–Crippen LogP) is 6.38. The Hall–Kier alpha value is -3.90. The van der Waals surface area contributed by atoms with Gasteiger partial charge in [-0.05, 0) is 59.2 Å². The average Bonchev–Trinajstić information content (AvgIpc) is 3.66. The summed E-state index contributed by atoms with van der Waals surface area (Å²) in [6.07, 6.45) is 3.79. The smallest absolute Gasteiger partial charge is 0.412 e. The first kappa shape index (κ1) is 21.9. The summed E-state index contributed by atoms with van der Waals surface area (Å²) in [6.45, 7) is 0.141. The number of fused-ring (bicyclic) bond motifs is 1. The van der Waals surface area contributed by atoms with E-state index in [2.05, 4.69) is 15.6 Å². The molecule has 170 valence electrons. The SMILES string of the molecule is O=C(Nc1ccccc1Cl)OCc1ccc([C@@H]2C[C@H]2C(=O)Nc2ccc3cnccc3c2)cc1. The number of nitrogens with one attached hydrogen (secondary N) is 2. The summed E-state index contributed by atoms with van der Waals surface area (Å²) in [5, 5.41) is 8.18. The summed E-state index contributed by atoms with van der Waals surface area (Å²) < 4.78 is 5.28. The maximum absolute atomic E-state index is 12.7. The molecule has 34 heavy (non-hydrogen) atoms. The van der Waals surface area contributed by atoms with Gasteiger partial charge in [-0.25, -0.2) is 4.79 Å². The minimum Gasteiger partial charge on any atom is -0.444 e. The van der Waals surface area contributed by atoms with Gasteiger partial charge in [0.05, 0.1) is 10.7 Å². The Balaban J connectivity index is 1.12. The van der Waals surface area contributed by atoms with Crippen LogP contribution in [-0.2, 0) is 16.1 Å². The molecule has 1 aromatic heterocycles.